The number of hydrogen-bond donors (Lipinski definition) is 0. The largest absolute Gasteiger partial charge is 0.573 e. The molecule has 1 aliphatic rings. The number of nitrogens with zero attached hydrogens (tertiary/aromatic N) is 1. The van der Waals surface area contributed by atoms with Crippen LogP contribution in [0.2, 0.25) is 0 Å². The minimum Gasteiger partial charge on any atom is -0.406 e. The Balaban J connectivity index is 1.84. The first-order valence-electron chi connectivity index (χ1n) is 6.95. The fourth-order valence-corrected chi connectivity index (χ4v) is 2.08. The molecular formula is C17H9F4NO3. The number of ether oxygens (including phenoxy) is 2. The maximum atomic E-state index is 13.7. The summed E-state index contributed by atoms with van der Waals surface area (Å²) >= 11 is 0. The second-order valence-corrected chi connectivity index (χ2v) is 4.93. The molecule has 0 aliphatic carbocycles. The fraction of sp³-hybridized carbons (Fsp3) is 0.0588. The Labute approximate surface area is 139 Å². The third kappa shape index (κ3) is 4.03. The van der Waals surface area contributed by atoms with Gasteiger partial charge in [0.05, 0.1) is 5.56 Å². The first-order chi connectivity index (χ1) is 11.8. The summed E-state index contributed by atoms with van der Waals surface area (Å²) in [6.45, 7) is 0. The average Bonchev–Trinajstić information content (AvgIpc) is 2.89. The molecule has 1 heterocycles. The topological polar surface area (TPSA) is 47.9 Å². The number of halogens is 4. The van der Waals surface area contributed by atoms with Crippen LogP contribution in [0.25, 0.3) is 6.08 Å². The first-order valence-corrected chi connectivity index (χ1v) is 6.95. The van der Waals surface area contributed by atoms with Crippen LogP contribution in [0, 0.1) is 5.82 Å². The minimum absolute atomic E-state index is 0.0353. The molecule has 0 atom stereocenters. The predicted octanol–water partition coefficient (Wildman–Crippen LogP) is 4.07. The quantitative estimate of drug-likeness (QED) is 0.476. The lowest BCUT2D eigenvalue weighted by Crippen LogP contribution is -2.16. The van der Waals surface area contributed by atoms with Gasteiger partial charge in [0.15, 0.2) is 5.70 Å². The highest BCUT2D eigenvalue weighted by Crippen LogP contribution is 2.25. The Kier molecular flexibility index (Phi) is 4.26. The van der Waals surface area contributed by atoms with Crippen LogP contribution in [0.5, 0.6) is 5.75 Å². The van der Waals surface area contributed by atoms with Gasteiger partial charge in [0.1, 0.15) is 11.6 Å². The second kappa shape index (κ2) is 6.39. The standard InChI is InChI=1S/C17H9F4NO3/c18-13-4-2-1-3-12(13)15-22-14(16(23)24-15)9-10-5-7-11(8-6-10)25-17(19,20)21/h1-9H. The van der Waals surface area contributed by atoms with E-state index in [9.17, 15) is 22.4 Å². The van der Waals surface area contributed by atoms with Crippen molar-refractivity contribution >= 4 is 17.9 Å². The zero-order chi connectivity index (χ0) is 18.0. The van der Waals surface area contributed by atoms with E-state index in [2.05, 4.69) is 9.73 Å². The van der Waals surface area contributed by atoms with Gasteiger partial charge in [-0.15, -0.1) is 13.2 Å². The van der Waals surface area contributed by atoms with E-state index in [4.69, 9.17) is 4.74 Å². The maximum Gasteiger partial charge on any atom is 0.573 e. The van der Waals surface area contributed by atoms with Gasteiger partial charge in [-0.2, -0.15) is 0 Å². The maximum absolute atomic E-state index is 13.7. The SMILES string of the molecule is O=C1OC(c2ccccc2F)=NC1=Cc1ccc(OC(F)(F)F)cc1. The summed E-state index contributed by atoms with van der Waals surface area (Å²) in [6, 6.07) is 10.5. The summed E-state index contributed by atoms with van der Waals surface area (Å²) in [5, 5.41) is 0. The molecule has 0 bridgehead atoms. The van der Waals surface area contributed by atoms with E-state index in [-0.39, 0.29) is 22.9 Å². The molecule has 4 nitrogen and oxygen atoms in total. The van der Waals surface area contributed by atoms with Crippen molar-refractivity contribution in [1.29, 1.82) is 0 Å². The number of rotatable bonds is 3. The number of carbonyl (C=O) groups excluding carboxylic acids is 1. The average molecular weight is 351 g/mol. The number of carbonyl (C=O) groups is 1. The highest BCUT2D eigenvalue weighted by molar-refractivity contribution is 6.12. The highest BCUT2D eigenvalue weighted by atomic mass is 19.4. The molecule has 3 rings (SSSR count). The van der Waals surface area contributed by atoms with Crippen LogP contribution < -0.4 is 4.74 Å². The molecule has 0 spiro atoms. The van der Waals surface area contributed by atoms with Gasteiger partial charge in [0, 0.05) is 0 Å². The molecule has 1 aliphatic heterocycles. The van der Waals surface area contributed by atoms with Crippen LogP contribution >= 0.6 is 0 Å². The fourth-order valence-electron chi connectivity index (χ4n) is 2.08. The van der Waals surface area contributed by atoms with Crippen LogP contribution in [0.1, 0.15) is 11.1 Å². The van der Waals surface area contributed by atoms with Crippen molar-refractivity contribution in [2.45, 2.75) is 6.36 Å². The van der Waals surface area contributed by atoms with Crippen LogP contribution in [-0.2, 0) is 9.53 Å². The van der Waals surface area contributed by atoms with E-state index in [0.29, 0.717) is 5.56 Å². The molecule has 2 aromatic rings. The number of cyclic esters (lactones) is 1. The predicted molar refractivity (Wildman–Crippen MR) is 80.1 cm³/mol. The second-order valence-electron chi connectivity index (χ2n) is 4.93. The van der Waals surface area contributed by atoms with Crippen molar-refractivity contribution in [2.24, 2.45) is 4.99 Å². The molecule has 0 fully saturated rings. The normalized spacial score (nSPS) is 15.9. The third-order valence-corrected chi connectivity index (χ3v) is 3.14. The Morgan fingerprint density at radius 2 is 1.72 bits per heavy atom. The molecule has 8 heteroatoms. The van der Waals surface area contributed by atoms with Gasteiger partial charge < -0.3 is 9.47 Å². The molecule has 0 aromatic heterocycles. The van der Waals surface area contributed by atoms with Crippen molar-refractivity contribution < 1.29 is 31.8 Å². The molecule has 128 valence electrons. The minimum atomic E-state index is -4.78. The number of benzene rings is 2. The number of esters is 1. The zero-order valence-corrected chi connectivity index (χ0v) is 12.4. The van der Waals surface area contributed by atoms with E-state index < -0.39 is 18.1 Å². The number of alkyl halides is 3. The van der Waals surface area contributed by atoms with Crippen molar-refractivity contribution in [3.05, 3.63) is 71.2 Å². The third-order valence-electron chi connectivity index (χ3n) is 3.14. The lowest BCUT2D eigenvalue weighted by molar-refractivity contribution is -0.274. The van der Waals surface area contributed by atoms with Crippen molar-refractivity contribution in [3.8, 4) is 5.75 Å². The van der Waals surface area contributed by atoms with E-state index >= 15 is 0 Å². The van der Waals surface area contributed by atoms with Gasteiger partial charge in [-0.25, -0.2) is 14.2 Å². The molecule has 2 aromatic carbocycles. The molecular weight excluding hydrogens is 342 g/mol. The summed E-state index contributed by atoms with van der Waals surface area (Å²) in [5.41, 5.74) is 0.343. The van der Waals surface area contributed by atoms with Crippen molar-refractivity contribution in [3.63, 3.8) is 0 Å². The molecule has 0 N–H and O–H groups in total. The Bertz CT molecular complexity index is 870. The summed E-state index contributed by atoms with van der Waals surface area (Å²) in [6.07, 6.45) is -3.47. The van der Waals surface area contributed by atoms with E-state index in [1.165, 1.54) is 36.4 Å². The van der Waals surface area contributed by atoms with Crippen molar-refractivity contribution in [2.75, 3.05) is 0 Å². The molecule has 0 saturated heterocycles. The zero-order valence-electron chi connectivity index (χ0n) is 12.4. The Morgan fingerprint density at radius 1 is 1.04 bits per heavy atom. The monoisotopic (exact) mass is 351 g/mol. The van der Waals surface area contributed by atoms with E-state index in [1.54, 1.807) is 6.07 Å². The lowest BCUT2D eigenvalue weighted by Gasteiger charge is -2.08. The van der Waals surface area contributed by atoms with Crippen LogP contribution in [0.15, 0.2) is 59.2 Å². The highest BCUT2D eigenvalue weighted by Gasteiger charge is 2.31. The molecule has 25 heavy (non-hydrogen) atoms. The Hall–Kier alpha value is -3.16. The van der Waals surface area contributed by atoms with E-state index in [1.807, 2.05) is 0 Å². The Morgan fingerprint density at radius 3 is 2.36 bits per heavy atom. The van der Waals surface area contributed by atoms with Gasteiger partial charge in [0.25, 0.3) is 0 Å². The van der Waals surface area contributed by atoms with Gasteiger partial charge >= 0.3 is 12.3 Å². The van der Waals surface area contributed by atoms with E-state index in [0.717, 1.165) is 12.1 Å². The van der Waals surface area contributed by atoms with Crippen LogP contribution in [0.3, 0.4) is 0 Å². The summed E-state index contributed by atoms with van der Waals surface area (Å²) in [5.74, 6) is -1.94. The molecule has 0 amide bonds. The molecule has 0 saturated carbocycles. The summed E-state index contributed by atoms with van der Waals surface area (Å²) < 4.78 is 58.7. The lowest BCUT2D eigenvalue weighted by atomic mass is 10.2. The smallest absolute Gasteiger partial charge is 0.406 e. The van der Waals surface area contributed by atoms with Gasteiger partial charge in [-0.05, 0) is 35.9 Å². The summed E-state index contributed by atoms with van der Waals surface area (Å²) in [7, 11) is 0. The van der Waals surface area contributed by atoms with Crippen LogP contribution in [0.4, 0.5) is 17.6 Å². The molecule has 0 radical (unpaired) electrons. The number of hydrogen-bond acceptors (Lipinski definition) is 4. The first kappa shape index (κ1) is 16.7. The van der Waals surface area contributed by atoms with Crippen LogP contribution in [-0.4, -0.2) is 18.2 Å². The summed E-state index contributed by atoms with van der Waals surface area (Å²) in [4.78, 5) is 15.8. The van der Waals surface area contributed by atoms with Gasteiger partial charge in [-0.1, -0.05) is 24.3 Å². The number of aliphatic imine (C=N–C) groups is 1. The van der Waals surface area contributed by atoms with Gasteiger partial charge in [-0.3, -0.25) is 0 Å². The van der Waals surface area contributed by atoms with Gasteiger partial charge in [0.2, 0.25) is 5.90 Å². The van der Waals surface area contributed by atoms with Crippen molar-refractivity contribution in [1.82, 2.24) is 0 Å². The molecule has 0 unspecified atom stereocenters.